The summed E-state index contributed by atoms with van der Waals surface area (Å²) in [5, 5.41) is 2.77. The van der Waals surface area contributed by atoms with Gasteiger partial charge in [0.1, 0.15) is 12.1 Å². The Balaban J connectivity index is 1.92. The molecule has 0 bridgehead atoms. The van der Waals surface area contributed by atoms with Gasteiger partial charge in [-0.25, -0.2) is 0 Å². The van der Waals surface area contributed by atoms with Crippen LogP contribution in [0.1, 0.15) is 33.6 Å². The first-order valence-corrected chi connectivity index (χ1v) is 7.19. The van der Waals surface area contributed by atoms with Crippen molar-refractivity contribution in [2.45, 2.75) is 45.7 Å². The number of carbonyl (C=O) groups is 2. The molecule has 0 aromatic rings. The summed E-state index contributed by atoms with van der Waals surface area (Å²) in [5.74, 6) is 0.850. The fraction of sp³-hybridized carbons (Fsp3) is 0.857. The van der Waals surface area contributed by atoms with Crippen LogP contribution in [-0.2, 0) is 14.3 Å². The predicted octanol–water partition coefficient (Wildman–Crippen LogP) is 0.785. The molecule has 1 heterocycles. The molecule has 0 aromatic heterocycles. The minimum atomic E-state index is -0.410. The summed E-state index contributed by atoms with van der Waals surface area (Å²) >= 11 is 0. The molecule has 2 atom stereocenters. The van der Waals surface area contributed by atoms with Gasteiger partial charge in [0.15, 0.2) is 0 Å². The van der Waals surface area contributed by atoms with E-state index in [4.69, 9.17) is 4.74 Å². The number of hydrogen-bond acceptors (Lipinski definition) is 3. The third-order valence-electron chi connectivity index (χ3n) is 3.61. The van der Waals surface area contributed by atoms with Gasteiger partial charge in [0, 0.05) is 13.2 Å². The molecule has 2 amide bonds. The fourth-order valence-electron chi connectivity index (χ4n) is 2.50. The Kier molecular flexibility index (Phi) is 4.45. The molecule has 5 nitrogen and oxygen atoms in total. The monoisotopic (exact) mass is 268 g/mol. The Morgan fingerprint density at radius 3 is 2.63 bits per heavy atom. The van der Waals surface area contributed by atoms with Gasteiger partial charge in [0.25, 0.3) is 0 Å². The summed E-state index contributed by atoms with van der Waals surface area (Å²) in [6.45, 7) is 7.64. The van der Waals surface area contributed by atoms with E-state index in [2.05, 4.69) is 19.2 Å². The number of hydrogen-bond donors (Lipinski definition) is 1. The molecule has 1 saturated heterocycles. The molecule has 0 aromatic carbocycles. The highest BCUT2D eigenvalue weighted by molar-refractivity contribution is 5.97. The summed E-state index contributed by atoms with van der Waals surface area (Å²) in [7, 11) is 0. The van der Waals surface area contributed by atoms with Crippen molar-refractivity contribution in [2.24, 2.45) is 11.8 Å². The zero-order valence-corrected chi connectivity index (χ0v) is 12.0. The fourth-order valence-corrected chi connectivity index (χ4v) is 2.50. The van der Waals surface area contributed by atoms with Crippen LogP contribution in [0.2, 0.25) is 0 Å². The van der Waals surface area contributed by atoms with Crippen molar-refractivity contribution < 1.29 is 14.3 Å². The van der Waals surface area contributed by atoms with Crippen molar-refractivity contribution in [2.75, 3.05) is 19.8 Å². The molecular weight excluding hydrogens is 244 g/mol. The smallest absolute Gasteiger partial charge is 0.245 e. The topological polar surface area (TPSA) is 58.6 Å². The van der Waals surface area contributed by atoms with Gasteiger partial charge in [-0.05, 0) is 31.6 Å². The highest BCUT2D eigenvalue weighted by Crippen LogP contribution is 2.36. The van der Waals surface area contributed by atoms with Crippen LogP contribution < -0.4 is 5.32 Å². The van der Waals surface area contributed by atoms with E-state index in [9.17, 15) is 9.59 Å². The quantitative estimate of drug-likeness (QED) is 0.724. The molecular formula is C14H24N2O3. The van der Waals surface area contributed by atoms with Crippen molar-refractivity contribution in [1.29, 1.82) is 0 Å². The second kappa shape index (κ2) is 5.90. The molecule has 0 radical (unpaired) electrons. The number of amides is 2. The third kappa shape index (κ3) is 3.47. The van der Waals surface area contributed by atoms with Crippen LogP contribution in [0.15, 0.2) is 0 Å². The number of carbonyl (C=O) groups excluding carboxylic acids is 2. The van der Waals surface area contributed by atoms with Crippen LogP contribution in [0.4, 0.5) is 0 Å². The second-order valence-corrected chi connectivity index (χ2v) is 6.01. The average molecular weight is 268 g/mol. The number of piperazine rings is 1. The third-order valence-corrected chi connectivity index (χ3v) is 3.61. The number of ether oxygens (including phenoxy) is 1. The van der Waals surface area contributed by atoms with E-state index >= 15 is 0 Å². The Bertz CT molecular complexity index is 353. The molecule has 1 aliphatic heterocycles. The molecule has 2 aliphatic rings. The van der Waals surface area contributed by atoms with Gasteiger partial charge in [-0.15, -0.1) is 0 Å². The summed E-state index contributed by atoms with van der Waals surface area (Å²) in [5.41, 5.74) is 0. The molecule has 108 valence electrons. The molecule has 1 aliphatic carbocycles. The maximum absolute atomic E-state index is 12.2. The first-order chi connectivity index (χ1) is 9.00. The number of nitrogens with one attached hydrogen (secondary N) is 1. The van der Waals surface area contributed by atoms with E-state index in [-0.39, 0.29) is 17.9 Å². The predicted molar refractivity (Wildman–Crippen MR) is 71.5 cm³/mol. The Morgan fingerprint density at radius 1 is 1.37 bits per heavy atom. The number of nitrogens with zero attached hydrogens (tertiary/aromatic N) is 1. The molecule has 1 N–H and O–H groups in total. The SMILES string of the molecule is CC(C)COCCN1C(=O)C(C)NC(=O)C1C1CC1. The van der Waals surface area contributed by atoms with E-state index < -0.39 is 6.04 Å². The second-order valence-electron chi connectivity index (χ2n) is 6.01. The normalized spacial score (nSPS) is 27.9. The molecule has 1 saturated carbocycles. The minimum absolute atomic E-state index is 0.00143. The maximum atomic E-state index is 12.2. The largest absolute Gasteiger partial charge is 0.379 e. The maximum Gasteiger partial charge on any atom is 0.245 e. The van der Waals surface area contributed by atoms with Crippen LogP contribution >= 0.6 is 0 Å². The Labute approximate surface area is 114 Å². The van der Waals surface area contributed by atoms with E-state index in [0.29, 0.717) is 31.6 Å². The van der Waals surface area contributed by atoms with Gasteiger partial charge in [-0.2, -0.15) is 0 Å². The zero-order valence-electron chi connectivity index (χ0n) is 12.0. The lowest BCUT2D eigenvalue weighted by Crippen LogP contribution is -2.63. The van der Waals surface area contributed by atoms with E-state index in [1.807, 2.05) is 0 Å². The van der Waals surface area contributed by atoms with E-state index in [1.54, 1.807) is 11.8 Å². The van der Waals surface area contributed by atoms with E-state index in [0.717, 1.165) is 12.8 Å². The standard InChI is InChI=1S/C14H24N2O3/c1-9(2)8-19-7-6-16-12(11-4-5-11)13(17)15-10(3)14(16)18/h9-12H,4-8H2,1-3H3,(H,15,17). The molecule has 2 unspecified atom stereocenters. The Morgan fingerprint density at radius 2 is 2.05 bits per heavy atom. The van der Waals surface area contributed by atoms with Gasteiger partial charge >= 0.3 is 0 Å². The van der Waals surface area contributed by atoms with Crippen molar-refractivity contribution in [3.8, 4) is 0 Å². The Hall–Kier alpha value is -1.10. The zero-order chi connectivity index (χ0) is 14.0. The van der Waals surface area contributed by atoms with Gasteiger partial charge in [-0.3, -0.25) is 9.59 Å². The summed E-state index contributed by atoms with van der Waals surface area (Å²) < 4.78 is 5.54. The lowest BCUT2D eigenvalue weighted by molar-refractivity contribution is -0.150. The van der Waals surface area contributed by atoms with Gasteiger partial charge in [-0.1, -0.05) is 13.8 Å². The first kappa shape index (κ1) is 14.3. The first-order valence-electron chi connectivity index (χ1n) is 7.19. The van der Waals surface area contributed by atoms with Gasteiger partial charge in [0.05, 0.1) is 6.61 Å². The van der Waals surface area contributed by atoms with Crippen molar-refractivity contribution >= 4 is 11.8 Å². The lowest BCUT2D eigenvalue weighted by atomic mass is 10.0. The summed E-state index contributed by atoms with van der Waals surface area (Å²) in [4.78, 5) is 26.0. The van der Waals surface area contributed by atoms with Crippen LogP contribution in [0.5, 0.6) is 0 Å². The van der Waals surface area contributed by atoms with Crippen molar-refractivity contribution in [3.05, 3.63) is 0 Å². The molecule has 2 rings (SSSR count). The summed E-state index contributed by atoms with van der Waals surface area (Å²) in [6, 6.07) is -0.682. The lowest BCUT2D eigenvalue weighted by Gasteiger charge is -2.38. The van der Waals surface area contributed by atoms with Crippen molar-refractivity contribution in [1.82, 2.24) is 10.2 Å². The number of rotatable bonds is 6. The van der Waals surface area contributed by atoms with Crippen LogP contribution in [0.3, 0.4) is 0 Å². The van der Waals surface area contributed by atoms with Crippen LogP contribution in [0, 0.1) is 11.8 Å². The van der Waals surface area contributed by atoms with Gasteiger partial charge in [0.2, 0.25) is 11.8 Å². The minimum Gasteiger partial charge on any atom is -0.379 e. The van der Waals surface area contributed by atoms with E-state index in [1.165, 1.54) is 0 Å². The average Bonchev–Trinajstić information content (AvgIpc) is 3.14. The summed E-state index contributed by atoms with van der Waals surface area (Å²) in [6.07, 6.45) is 2.09. The molecule has 5 heteroatoms. The highest BCUT2D eigenvalue weighted by Gasteiger charge is 2.46. The molecule has 0 spiro atoms. The van der Waals surface area contributed by atoms with Gasteiger partial charge < -0.3 is 15.0 Å². The van der Waals surface area contributed by atoms with Crippen LogP contribution in [0.25, 0.3) is 0 Å². The van der Waals surface area contributed by atoms with Crippen molar-refractivity contribution in [3.63, 3.8) is 0 Å². The highest BCUT2D eigenvalue weighted by atomic mass is 16.5. The molecule has 2 fully saturated rings. The van der Waals surface area contributed by atoms with Crippen LogP contribution in [-0.4, -0.2) is 48.6 Å². The molecule has 19 heavy (non-hydrogen) atoms.